The Balaban J connectivity index is 2.00. The number of nitrogens with two attached hydrogens (primary N) is 1. The molecule has 8 heteroatoms. The molecule has 7 nitrogen and oxygen atoms in total. The van der Waals surface area contributed by atoms with Gasteiger partial charge in [0.15, 0.2) is 15.7 Å². The summed E-state index contributed by atoms with van der Waals surface area (Å²) in [6.45, 7) is 2.30. The van der Waals surface area contributed by atoms with Gasteiger partial charge in [0, 0.05) is 26.1 Å². The molecule has 0 bridgehead atoms. The van der Waals surface area contributed by atoms with Crippen molar-refractivity contribution in [2.45, 2.75) is 18.2 Å². The van der Waals surface area contributed by atoms with Gasteiger partial charge in [0.2, 0.25) is 5.89 Å². The van der Waals surface area contributed by atoms with E-state index in [2.05, 4.69) is 15.5 Å². The lowest BCUT2D eigenvalue weighted by Gasteiger charge is -2.09. The van der Waals surface area contributed by atoms with Crippen LogP contribution in [0.5, 0.6) is 0 Å². The van der Waals surface area contributed by atoms with E-state index in [0.717, 1.165) is 6.26 Å². The summed E-state index contributed by atoms with van der Waals surface area (Å²) in [7, 11) is -3.24. The van der Waals surface area contributed by atoms with E-state index in [1.807, 2.05) is 0 Å². The zero-order chi connectivity index (χ0) is 14.8. The van der Waals surface area contributed by atoms with E-state index in [-0.39, 0.29) is 4.90 Å². The van der Waals surface area contributed by atoms with E-state index < -0.39 is 9.84 Å². The molecule has 0 radical (unpaired) electrons. The van der Waals surface area contributed by atoms with Crippen molar-refractivity contribution < 1.29 is 12.9 Å². The molecule has 0 aliphatic rings. The number of benzene rings is 1. The molecule has 0 spiro atoms. The molecule has 3 N–H and O–H groups in total. The van der Waals surface area contributed by atoms with Crippen molar-refractivity contribution in [1.29, 1.82) is 0 Å². The molecule has 2 aromatic rings. The number of rotatable bonds is 5. The number of sulfone groups is 1. The van der Waals surface area contributed by atoms with Crippen molar-refractivity contribution in [2.75, 3.05) is 23.9 Å². The monoisotopic (exact) mass is 296 g/mol. The van der Waals surface area contributed by atoms with Gasteiger partial charge in [0.05, 0.1) is 16.3 Å². The minimum atomic E-state index is -3.24. The molecule has 0 saturated heterocycles. The number of aryl methyl sites for hydroxylation is 1. The Kier molecular flexibility index (Phi) is 3.93. The molecule has 1 aromatic heterocycles. The van der Waals surface area contributed by atoms with Gasteiger partial charge in [-0.3, -0.25) is 0 Å². The zero-order valence-corrected chi connectivity index (χ0v) is 12.1. The molecule has 0 fully saturated rings. The van der Waals surface area contributed by atoms with Gasteiger partial charge in [-0.1, -0.05) is 5.16 Å². The maximum atomic E-state index is 11.4. The topological polar surface area (TPSA) is 111 Å². The molecule has 20 heavy (non-hydrogen) atoms. The van der Waals surface area contributed by atoms with Crippen LogP contribution in [0, 0.1) is 6.92 Å². The second kappa shape index (κ2) is 5.49. The van der Waals surface area contributed by atoms with Crippen LogP contribution >= 0.6 is 0 Å². The molecule has 1 aromatic carbocycles. The third-order valence-corrected chi connectivity index (χ3v) is 3.80. The van der Waals surface area contributed by atoms with Crippen molar-refractivity contribution in [3.05, 3.63) is 29.9 Å². The van der Waals surface area contributed by atoms with Crippen LogP contribution < -0.4 is 11.1 Å². The summed E-state index contributed by atoms with van der Waals surface area (Å²) in [5.74, 6) is 1.14. The fourth-order valence-corrected chi connectivity index (χ4v) is 2.34. The summed E-state index contributed by atoms with van der Waals surface area (Å²) in [6, 6.07) is 4.61. The van der Waals surface area contributed by atoms with Crippen LogP contribution in [0.2, 0.25) is 0 Å². The van der Waals surface area contributed by atoms with Crippen LogP contribution in [-0.4, -0.2) is 31.4 Å². The second-order valence-corrected chi connectivity index (χ2v) is 6.44. The second-order valence-electron chi connectivity index (χ2n) is 4.43. The highest BCUT2D eigenvalue weighted by Gasteiger charge is 2.09. The molecule has 0 aliphatic heterocycles. The predicted octanol–water partition coefficient (Wildman–Crippen LogP) is 1.02. The lowest BCUT2D eigenvalue weighted by Crippen LogP contribution is -2.08. The normalized spacial score (nSPS) is 11.5. The number of hydrogen-bond donors (Lipinski definition) is 2. The first kappa shape index (κ1) is 14.3. The molecular weight excluding hydrogens is 280 g/mol. The first-order valence-electron chi connectivity index (χ1n) is 5.99. The Hall–Kier alpha value is -2.09. The average molecular weight is 296 g/mol. The highest BCUT2D eigenvalue weighted by Crippen LogP contribution is 2.22. The van der Waals surface area contributed by atoms with E-state index in [1.165, 1.54) is 12.1 Å². The summed E-state index contributed by atoms with van der Waals surface area (Å²) in [5, 5.41) is 6.89. The van der Waals surface area contributed by atoms with Crippen LogP contribution in [-0.2, 0) is 16.3 Å². The average Bonchev–Trinajstić information content (AvgIpc) is 2.76. The molecular formula is C12H16N4O3S. The van der Waals surface area contributed by atoms with Crippen molar-refractivity contribution in [3.8, 4) is 0 Å². The Morgan fingerprint density at radius 1 is 1.40 bits per heavy atom. The number of nitrogens with one attached hydrogen (secondary N) is 1. The molecule has 1 heterocycles. The van der Waals surface area contributed by atoms with Crippen molar-refractivity contribution >= 4 is 21.2 Å². The van der Waals surface area contributed by atoms with Crippen molar-refractivity contribution in [2.24, 2.45) is 0 Å². The van der Waals surface area contributed by atoms with Crippen LogP contribution in [0.15, 0.2) is 27.6 Å². The minimum absolute atomic E-state index is 0.203. The number of hydrogen-bond acceptors (Lipinski definition) is 7. The lowest BCUT2D eigenvalue weighted by atomic mass is 10.2. The van der Waals surface area contributed by atoms with Crippen LogP contribution in [0.1, 0.15) is 11.7 Å². The van der Waals surface area contributed by atoms with E-state index >= 15 is 0 Å². The lowest BCUT2D eigenvalue weighted by molar-refractivity contribution is 0.387. The number of anilines is 2. The molecule has 0 atom stereocenters. The van der Waals surface area contributed by atoms with E-state index in [0.29, 0.717) is 36.1 Å². The van der Waals surface area contributed by atoms with Gasteiger partial charge >= 0.3 is 0 Å². The standard InChI is InChI=1S/C12H16N4O3S/c1-8-15-12(16-19-8)5-6-14-11-4-3-9(7-10(11)13)20(2,17)18/h3-4,7,14H,5-6,13H2,1-2H3. The van der Waals surface area contributed by atoms with Gasteiger partial charge in [-0.15, -0.1) is 0 Å². The van der Waals surface area contributed by atoms with Gasteiger partial charge in [-0.25, -0.2) is 8.42 Å². The summed E-state index contributed by atoms with van der Waals surface area (Å²) in [4.78, 5) is 4.29. The summed E-state index contributed by atoms with van der Waals surface area (Å²) in [6.07, 6.45) is 1.73. The van der Waals surface area contributed by atoms with Crippen molar-refractivity contribution in [3.63, 3.8) is 0 Å². The highest BCUT2D eigenvalue weighted by molar-refractivity contribution is 7.90. The molecule has 0 saturated carbocycles. The Morgan fingerprint density at radius 3 is 2.70 bits per heavy atom. The van der Waals surface area contributed by atoms with E-state index in [4.69, 9.17) is 10.3 Å². The number of aromatic nitrogens is 2. The fourth-order valence-electron chi connectivity index (χ4n) is 1.68. The largest absolute Gasteiger partial charge is 0.397 e. The fraction of sp³-hybridized carbons (Fsp3) is 0.333. The summed E-state index contributed by atoms with van der Waals surface area (Å²) < 4.78 is 27.7. The molecule has 0 amide bonds. The Morgan fingerprint density at radius 2 is 2.15 bits per heavy atom. The zero-order valence-electron chi connectivity index (χ0n) is 11.3. The summed E-state index contributed by atoms with van der Waals surface area (Å²) >= 11 is 0. The van der Waals surface area contributed by atoms with Gasteiger partial charge in [0.1, 0.15) is 0 Å². The third-order valence-electron chi connectivity index (χ3n) is 2.68. The highest BCUT2D eigenvalue weighted by atomic mass is 32.2. The van der Waals surface area contributed by atoms with Gasteiger partial charge in [0.25, 0.3) is 0 Å². The van der Waals surface area contributed by atoms with Crippen LogP contribution in [0.4, 0.5) is 11.4 Å². The molecule has 108 valence electrons. The van der Waals surface area contributed by atoms with Gasteiger partial charge < -0.3 is 15.6 Å². The van der Waals surface area contributed by atoms with Gasteiger partial charge in [-0.2, -0.15) is 4.98 Å². The van der Waals surface area contributed by atoms with Crippen molar-refractivity contribution in [1.82, 2.24) is 10.1 Å². The molecule has 2 rings (SSSR count). The van der Waals surface area contributed by atoms with Gasteiger partial charge in [-0.05, 0) is 18.2 Å². The Labute approximate surface area is 117 Å². The maximum Gasteiger partial charge on any atom is 0.223 e. The Bertz CT molecular complexity index is 709. The number of nitrogens with zero attached hydrogens (tertiary/aromatic N) is 2. The number of nitrogen functional groups attached to an aromatic ring is 1. The van der Waals surface area contributed by atoms with Crippen LogP contribution in [0.3, 0.4) is 0 Å². The first-order valence-corrected chi connectivity index (χ1v) is 7.88. The minimum Gasteiger partial charge on any atom is -0.397 e. The molecule has 0 unspecified atom stereocenters. The summed E-state index contributed by atoms with van der Waals surface area (Å²) in [5.41, 5.74) is 6.89. The SMILES string of the molecule is Cc1nc(CCNc2ccc(S(C)(=O)=O)cc2N)no1. The first-order chi connectivity index (χ1) is 9.36. The third kappa shape index (κ3) is 3.47. The quantitative estimate of drug-likeness (QED) is 0.792. The predicted molar refractivity (Wildman–Crippen MR) is 75.2 cm³/mol. The smallest absolute Gasteiger partial charge is 0.223 e. The molecule has 0 aliphatic carbocycles. The van der Waals surface area contributed by atoms with E-state index in [1.54, 1.807) is 13.0 Å². The maximum absolute atomic E-state index is 11.4. The van der Waals surface area contributed by atoms with Crippen LogP contribution in [0.25, 0.3) is 0 Å². The van der Waals surface area contributed by atoms with E-state index in [9.17, 15) is 8.42 Å².